The van der Waals surface area contributed by atoms with Crippen molar-refractivity contribution in [2.45, 2.75) is 27.2 Å². The SMILES string of the molecule is CC(=CC=CC(C)C)CC#N. The first-order valence-corrected chi connectivity index (χ1v) is 3.87. The number of rotatable bonds is 3. The van der Waals surface area contributed by atoms with E-state index in [2.05, 4.69) is 26.0 Å². The van der Waals surface area contributed by atoms with Crippen molar-refractivity contribution in [3.63, 3.8) is 0 Å². The van der Waals surface area contributed by atoms with E-state index in [9.17, 15) is 0 Å². The van der Waals surface area contributed by atoms with Crippen molar-refractivity contribution in [1.82, 2.24) is 0 Å². The molecule has 1 heteroatoms. The molecule has 0 aromatic heterocycles. The van der Waals surface area contributed by atoms with Gasteiger partial charge in [0.15, 0.2) is 0 Å². The summed E-state index contributed by atoms with van der Waals surface area (Å²) in [6.45, 7) is 6.22. The van der Waals surface area contributed by atoms with Gasteiger partial charge in [0.2, 0.25) is 0 Å². The highest BCUT2D eigenvalue weighted by Gasteiger charge is 1.84. The molecule has 0 heterocycles. The molecule has 0 fully saturated rings. The lowest BCUT2D eigenvalue weighted by Crippen LogP contribution is -1.76. The van der Waals surface area contributed by atoms with Gasteiger partial charge in [0.25, 0.3) is 0 Å². The summed E-state index contributed by atoms with van der Waals surface area (Å²) in [6.07, 6.45) is 6.64. The highest BCUT2D eigenvalue weighted by molar-refractivity contribution is 5.13. The van der Waals surface area contributed by atoms with Gasteiger partial charge in [0, 0.05) is 0 Å². The van der Waals surface area contributed by atoms with Crippen LogP contribution in [0.3, 0.4) is 0 Å². The van der Waals surface area contributed by atoms with Crippen LogP contribution < -0.4 is 0 Å². The molecule has 0 aliphatic rings. The van der Waals surface area contributed by atoms with Crippen LogP contribution in [-0.4, -0.2) is 0 Å². The third-order valence-corrected chi connectivity index (χ3v) is 1.23. The summed E-state index contributed by atoms with van der Waals surface area (Å²) in [6, 6.07) is 2.10. The molecule has 0 N–H and O–H groups in total. The zero-order chi connectivity index (χ0) is 8.69. The van der Waals surface area contributed by atoms with Crippen molar-refractivity contribution in [3.8, 4) is 6.07 Å². The van der Waals surface area contributed by atoms with Gasteiger partial charge < -0.3 is 0 Å². The van der Waals surface area contributed by atoms with Crippen molar-refractivity contribution in [2.24, 2.45) is 5.92 Å². The molecule has 0 saturated heterocycles. The van der Waals surface area contributed by atoms with E-state index in [4.69, 9.17) is 5.26 Å². The third-order valence-electron chi connectivity index (χ3n) is 1.23. The molecular formula is C10H15N. The fourth-order valence-corrected chi connectivity index (χ4v) is 0.626. The number of nitriles is 1. The molecule has 0 spiro atoms. The first kappa shape index (κ1) is 9.97. The van der Waals surface area contributed by atoms with Gasteiger partial charge in [-0.25, -0.2) is 0 Å². The van der Waals surface area contributed by atoms with Gasteiger partial charge in [-0.2, -0.15) is 5.26 Å². The Morgan fingerprint density at radius 2 is 2.18 bits per heavy atom. The lowest BCUT2D eigenvalue weighted by atomic mass is 10.1. The minimum atomic E-state index is 0.530. The first-order valence-electron chi connectivity index (χ1n) is 3.87. The molecule has 0 aromatic carbocycles. The fourth-order valence-electron chi connectivity index (χ4n) is 0.626. The van der Waals surface area contributed by atoms with Crippen molar-refractivity contribution in [1.29, 1.82) is 5.26 Å². The van der Waals surface area contributed by atoms with Crippen LogP contribution in [0.25, 0.3) is 0 Å². The molecule has 0 atom stereocenters. The van der Waals surface area contributed by atoms with Crippen LogP contribution in [0.5, 0.6) is 0 Å². The molecule has 0 bridgehead atoms. The van der Waals surface area contributed by atoms with Gasteiger partial charge in [-0.1, -0.05) is 37.6 Å². The summed E-state index contributed by atoms with van der Waals surface area (Å²) in [5.41, 5.74) is 1.12. The largest absolute Gasteiger partial charge is 0.198 e. The Bertz CT molecular complexity index is 191. The van der Waals surface area contributed by atoms with Gasteiger partial charge in [-0.05, 0) is 12.8 Å². The lowest BCUT2D eigenvalue weighted by Gasteiger charge is -1.91. The van der Waals surface area contributed by atoms with E-state index in [1.165, 1.54) is 0 Å². The zero-order valence-electron chi connectivity index (χ0n) is 7.46. The van der Waals surface area contributed by atoms with Crippen LogP contribution in [0.15, 0.2) is 23.8 Å². The number of hydrogen-bond donors (Lipinski definition) is 0. The minimum absolute atomic E-state index is 0.530. The van der Waals surface area contributed by atoms with Crippen LogP contribution in [-0.2, 0) is 0 Å². The standard InChI is InChI=1S/C10H15N/c1-9(2)5-4-6-10(3)7-8-11/h4-6,9H,7H2,1-3H3. The Labute approximate surface area is 69.0 Å². The Morgan fingerprint density at radius 3 is 2.64 bits per heavy atom. The fraction of sp³-hybridized carbons (Fsp3) is 0.500. The number of nitrogens with zero attached hydrogens (tertiary/aromatic N) is 1. The van der Waals surface area contributed by atoms with Crippen LogP contribution in [0, 0.1) is 17.2 Å². The maximum Gasteiger partial charge on any atom is 0.0666 e. The minimum Gasteiger partial charge on any atom is -0.198 e. The van der Waals surface area contributed by atoms with Gasteiger partial charge in [-0.3, -0.25) is 0 Å². The van der Waals surface area contributed by atoms with E-state index in [1.807, 2.05) is 19.1 Å². The second-order valence-electron chi connectivity index (χ2n) is 2.98. The Kier molecular flexibility index (Phi) is 5.20. The van der Waals surface area contributed by atoms with Crippen molar-refractivity contribution in [3.05, 3.63) is 23.8 Å². The van der Waals surface area contributed by atoms with Gasteiger partial charge in [-0.15, -0.1) is 0 Å². The number of hydrogen-bond acceptors (Lipinski definition) is 1. The molecule has 0 aliphatic carbocycles. The summed E-state index contributed by atoms with van der Waals surface area (Å²) in [5.74, 6) is 0.584. The second kappa shape index (κ2) is 5.73. The summed E-state index contributed by atoms with van der Waals surface area (Å²) in [7, 11) is 0. The van der Waals surface area contributed by atoms with E-state index >= 15 is 0 Å². The van der Waals surface area contributed by atoms with Crippen molar-refractivity contribution >= 4 is 0 Å². The van der Waals surface area contributed by atoms with E-state index in [0.717, 1.165) is 5.57 Å². The molecule has 0 unspecified atom stereocenters. The van der Waals surface area contributed by atoms with Crippen LogP contribution in [0.4, 0.5) is 0 Å². The maximum absolute atomic E-state index is 8.33. The predicted octanol–water partition coefficient (Wildman–Crippen LogP) is 3.06. The summed E-state index contributed by atoms with van der Waals surface area (Å²) < 4.78 is 0. The topological polar surface area (TPSA) is 23.8 Å². The third kappa shape index (κ3) is 6.86. The highest BCUT2D eigenvalue weighted by Crippen LogP contribution is 2.00. The van der Waals surface area contributed by atoms with Crippen LogP contribution >= 0.6 is 0 Å². The molecule has 0 amide bonds. The summed E-state index contributed by atoms with van der Waals surface area (Å²) >= 11 is 0. The average molecular weight is 149 g/mol. The molecule has 1 nitrogen and oxygen atoms in total. The first-order chi connectivity index (χ1) is 5.16. The van der Waals surface area contributed by atoms with Gasteiger partial charge >= 0.3 is 0 Å². The normalized spacial score (nSPS) is 12.5. The monoisotopic (exact) mass is 149 g/mol. The smallest absolute Gasteiger partial charge is 0.0666 e. The summed E-state index contributed by atoms with van der Waals surface area (Å²) in [4.78, 5) is 0. The second-order valence-corrected chi connectivity index (χ2v) is 2.98. The molecule has 0 aliphatic heterocycles. The number of allylic oxidation sites excluding steroid dienone is 4. The van der Waals surface area contributed by atoms with E-state index in [-0.39, 0.29) is 0 Å². The molecule has 0 aromatic rings. The van der Waals surface area contributed by atoms with E-state index < -0.39 is 0 Å². The van der Waals surface area contributed by atoms with Gasteiger partial charge in [0.1, 0.15) is 0 Å². The van der Waals surface area contributed by atoms with Crippen molar-refractivity contribution in [2.75, 3.05) is 0 Å². The maximum atomic E-state index is 8.33. The quantitative estimate of drug-likeness (QED) is 0.566. The molecule has 0 rings (SSSR count). The molecule has 11 heavy (non-hydrogen) atoms. The van der Waals surface area contributed by atoms with Crippen LogP contribution in [0.2, 0.25) is 0 Å². The summed E-state index contributed by atoms with van der Waals surface area (Å²) in [5, 5.41) is 8.33. The Balaban J connectivity index is 3.83. The zero-order valence-corrected chi connectivity index (χ0v) is 7.46. The lowest BCUT2D eigenvalue weighted by molar-refractivity contribution is 0.832. The van der Waals surface area contributed by atoms with E-state index in [0.29, 0.717) is 12.3 Å². The average Bonchev–Trinajstić information content (AvgIpc) is 1.87. The van der Waals surface area contributed by atoms with Gasteiger partial charge in [0.05, 0.1) is 12.5 Å². The van der Waals surface area contributed by atoms with Crippen molar-refractivity contribution < 1.29 is 0 Å². The Hall–Kier alpha value is -1.03. The molecule has 0 saturated carbocycles. The van der Waals surface area contributed by atoms with Crippen LogP contribution in [0.1, 0.15) is 27.2 Å². The Morgan fingerprint density at radius 1 is 1.55 bits per heavy atom. The molecule has 0 radical (unpaired) electrons. The predicted molar refractivity (Wildman–Crippen MR) is 48.0 cm³/mol. The highest BCUT2D eigenvalue weighted by atomic mass is 14.2. The molecular weight excluding hydrogens is 134 g/mol. The molecule has 60 valence electrons. The van der Waals surface area contributed by atoms with E-state index in [1.54, 1.807) is 0 Å².